The highest BCUT2D eigenvalue weighted by molar-refractivity contribution is 5.94. The molecule has 0 saturated heterocycles. The number of benzene rings is 1. The van der Waals surface area contributed by atoms with Crippen molar-refractivity contribution in [2.24, 2.45) is 0 Å². The van der Waals surface area contributed by atoms with Crippen LogP contribution in [0, 0.1) is 0 Å². The molecule has 0 unspecified atom stereocenters. The lowest BCUT2D eigenvalue weighted by molar-refractivity contribution is 0.0679. The fraction of sp³-hybridized carbons (Fsp3) is 0.263. The first-order valence-electron chi connectivity index (χ1n) is 8.34. The molecular formula is C19H19N3O4. The minimum atomic E-state index is -0.0599. The average molecular weight is 353 g/mol. The fourth-order valence-corrected chi connectivity index (χ4v) is 2.94. The number of fused-ring (bicyclic) bond motifs is 2. The zero-order valence-electron chi connectivity index (χ0n) is 14.4. The Bertz CT molecular complexity index is 937. The Hall–Kier alpha value is -3.06. The van der Waals surface area contributed by atoms with Crippen LogP contribution in [-0.4, -0.2) is 47.2 Å². The zero-order valence-corrected chi connectivity index (χ0v) is 14.4. The molecule has 0 fully saturated rings. The molecule has 0 bridgehead atoms. The van der Waals surface area contributed by atoms with Crippen LogP contribution in [0.3, 0.4) is 0 Å². The van der Waals surface area contributed by atoms with Crippen molar-refractivity contribution in [1.82, 2.24) is 14.3 Å². The van der Waals surface area contributed by atoms with Gasteiger partial charge in [-0.3, -0.25) is 4.79 Å². The maximum atomic E-state index is 13.0. The second-order valence-corrected chi connectivity index (χ2v) is 6.02. The molecule has 3 heterocycles. The molecule has 134 valence electrons. The lowest BCUT2D eigenvalue weighted by Gasteiger charge is -2.23. The van der Waals surface area contributed by atoms with Crippen molar-refractivity contribution in [1.29, 1.82) is 0 Å². The van der Waals surface area contributed by atoms with Gasteiger partial charge in [-0.2, -0.15) is 0 Å². The predicted octanol–water partition coefficient (Wildman–Crippen LogP) is 2.35. The number of carbonyl (C=O) groups excluding carboxylic acids is 1. The van der Waals surface area contributed by atoms with E-state index in [2.05, 4.69) is 4.98 Å². The minimum Gasteiger partial charge on any atom is -0.454 e. The van der Waals surface area contributed by atoms with Gasteiger partial charge in [-0.05, 0) is 29.8 Å². The minimum absolute atomic E-state index is 0.0599. The Morgan fingerprint density at radius 1 is 1.27 bits per heavy atom. The number of hydrogen-bond donors (Lipinski definition) is 0. The topological polar surface area (TPSA) is 65.3 Å². The van der Waals surface area contributed by atoms with Crippen molar-refractivity contribution in [3.8, 4) is 11.5 Å². The molecule has 3 aromatic rings. The summed E-state index contributed by atoms with van der Waals surface area (Å²) in [6.45, 7) is 1.65. The molecule has 1 amide bonds. The van der Waals surface area contributed by atoms with E-state index in [4.69, 9.17) is 14.2 Å². The van der Waals surface area contributed by atoms with E-state index >= 15 is 0 Å². The van der Waals surface area contributed by atoms with Crippen LogP contribution in [0.25, 0.3) is 5.65 Å². The zero-order chi connectivity index (χ0) is 17.9. The van der Waals surface area contributed by atoms with Gasteiger partial charge in [0.05, 0.1) is 12.2 Å². The van der Waals surface area contributed by atoms with Gasteiger partial charge >= 0.3 is 0 Å². The second-order valence-electron chi connectivity index (χ2n) is 6.02. The number of carbonyl (C=O) groups is 1. The highest BCUT2D eigenvalue weighted by Gasteiger charge is 2.19. The molecule has 0 spiro atoms. The van der Waals surface area contributed by atoms with Gasteiger partial charge in [-0.1, -0.05) is 6.07 Å². The summed E-state index contributed by atoms with van der Waals surface area (Å²) in [5.74, 6) is 1.38. The van der Waals surface area contributed by atoms with E-state index in [0.29, 0.717) is 31.0 Å². The van der Waals surface area contributed by atoms with Crippen molar-refractivity contribution in [2.45, 2.75) is 6.54 Å². The van der Waals surface area contributed by atoms with Gasteiger partial charge in [-0.25, -0.2) is 4.98 Å². The van der Waals surface area contributed by atoms with Gasteiger partial charge < -0.3 is 23.5 Å². The first-order chi connectivity index (χ1) is 12.7. The number of nitrogens with zero attached hydrogens (tertiary/aromatic N) is 3. The van der Waals surface area contributed by atoms with Crippen LogP contribution in [-0.2, 0) is 11.3 Å². The largest absolute Gasteiger partial charge is 0.454 e. The second kappa shape index (κ2) is 7.05. The van der Waals surface area contributed by atoms with Crippen molar-refractivity contribution in [2.75, 3.05) is 27.1 Å². The molecule has 1 aromatic carbocycles. The molecule has 2 aromatic heterocycles. The summed E-state index contributed by atoms with van der Waals surface area (Å²) in [5, 5.41) is 0. The monoisotopic (exact) mass is 353 g/mol. The van der Waals surface area contributed by atoms with E-state index in [0.717, 1.165) is 17.0 Å². The number of imidazole rings is 1. The molecule has 26 heavy (non-hydrogen) atoms. The molecule has 4 rings (SSSR count). The average Bonchev–Trinajstić information content (AvgIpc) is 3.32. The molecule has 0 radical (unpaired) electrons. The lowest BCUT2D eigenvalue weighted by Crippen LogP contribution is -2.33. The van der Waals surface area contributed by atoms with Crippen LogP contribution in [0.2, 0.25) is 0 Å². The van der Waals surface area contributed by atoms with E-state index in [1.165, 1.54) is 0 Å². The molecule has 0 N–H and O–H groups in total. The van der Waals surface area contributed by atoms with E-state index in [9.17, 15) is 4.79 Å². The van der Waals surface area contributed by atoms with Gasteiger partial charge in [0.2, 0.25) is 6.79 Å². The first kappa shape index (κ1) is 16.4. The standard InChI is InChI=1S/C19H19N3O4/c1-24-9-8-22(11-14-2-4-16-17(10-14)26-13-25-16)19(23)15-3-5-18-20-6-7-21(18)12-15/h2-7,10,12H,8-9,11,13H2,1H3. The third kappa shape index (κ3) is 3.21. The number of hydrogen-bond acceptors (Lipinski definition) is 5. The van der Waals surface area contributed by atoms with Crippen LogP contribution in [0.1, 0.15) is 15.9 Å². The first-order valence-corrected chi connectivity index (χ1v) is 8.34. The van der Waals surface area contributed by atoms with Crippen molar-refractivity contribution < 1.29 is 19.0 Å². The molecule has 1 aliphatic rings. The van der Waals surface area contributed by atoms with Crippen LogP contribution in [0.4, 0.5) is 0 Å². The Labute approximate surface area is 150 Å². The Kier molecular flexibility index (Phi) is 4.45. The summed E-state index contributed by atoms with van der Waals surface area (Å²) in [6.07, 6.45) is 5.33. The van der Waals surface area contributed by atoms with Crippen LogP contribution in [0.5, 0.6) is 11.5 Å². The number of methoxy groups -OCH3 is 1. The number of ether oxygens (including phenoxy) is 3. The van der Waals surface area contributed by atoms with Crippen LogP contribution < -0.4 is 9.47 Å². The van der Waals surface area contributed by atoms with Gasteiger partial charge in [0.25, 0.3) is 5.91 Å². The van der Waals surface area contributed by atoms with Gasteiger partial charge in [0.1, 0.15) is 5.65 Å². The third-order valence-electron chi connectivity index (χ3n) is 4.30. The number of aromatic nitrogens is 2. The maximum Gasteiger partial charge on any atom is 0.255 e. The van der Waals surface area contributed by atoms with Gasteiger partial charge in [-0.15, -0.1) is 0 Å². The van der Waals surface area contributed by atoms with E-state index in [1.807, 2.05) is 34.9 Å². The SMILES string of the molecule is COCCN(Cc1ccc2c(c1)OCO2)C(=O)c1ccc2nccn2c1. The predicted molar refractivity (Wildman–Crippen MR) is 94.4 cm³/mol. The normalized spacial score (nSPS) is 12.5. The summed E-state index contributed by atoms with van der Waals surface area (Å²) < 4.78 is 17.8. The van der Waals surface area contributed by atoms with Crippen molar-refractivity contribution >= 4 is 11.6 Å². The number of pyridine rings is 1. The number of rotatable bonds is 6. The van der Waals surface area contributed by atoms with E-state index in [-0.39, 0.29) is 12.7 Å². The molecule has 0 atom stereocenters. The Morgan fingerprint density at radius 3 is 3.04 bits per heavy atom. The summed E-state index contributed by atoms with van der Waals surface area (Å²) in [6, 6.07) is 9.36. The molecule has 0 aliphatic carbocycles. The summed E-state index contributed by atoms with van der Waals surface area (Å²) in [7, 11) is 1.63. The summed E-state index contributed by atoms with van der Waals surface area (Å²) in [5.41, 5.74) is 2.38. The Morgan fingerprint density at radius 2 is 2.15 bits per heavy atom. The summed E-state index contributed by atoms with van der Waals surface area (Å²) >= 11 is 0. The Balaban J connectivity index is 1.58. The lowest BCUT2D eigenvalue weighted by atomic mass is 10.1. The van der Waals surface area contributed by atoms with Gasteiger partial charge in [0.15, 0.2) is 11.5 Å². The van der Waals surface area contributed by atoms with E-state index < -0.39 is 0 Å². The highest BCUT2D eigenvalue weighted by Crippen LogP contribution is 2.32. The van der Waals surface area contributed by atoms with E-state index in [1.54, 1.807) is 30.5 Å². The quantitative estimate of drug-likeness (QED) is 0.681. The van der Waals surface area contributed by atoms with Gasteiger partial charge in [0, 0.05) is 38.8 Å². The van der Waals surface area contributed by atoms with Crippen molar-refractivity contribution in [3.05, 3.63) is 60.0 Å². The summed E-state index contributed by atoms with van der Waals surface area (Å²) in [4.78, 5) is 19.0. The van der Waals surface area contributed by atoms with Crippen LogP contribution in [0.15, 0.2) is 48.9 Å². The molecule has 1 aliphatic heterocycles. The molecular weight excluding hydrogens is 334 g/mol. The highest BCUT2D eigenvalue weighted by atomic mass is 16.7. The van der Waals surface area contributed by atoms with Crippen LogP contribution >= 0.6 is 0 Å². The molecule has 7 nitrogen and oxygen atoms in total. The smallest absolute Gasteiger partial charge is 0.255 e. The maximum absolute atomic E-state index is 13.0. The molecule has 7 heteroatoms. The van der Waals surface area contributed by atoms with Crippen molar-refractivity contribution in [3.63, 3.8) is 0 Å². The molecule has 0 saturated carbocycles. The third-order valence-corrected chi connectivity index (χ3v) is 4.30. The number of amides is 1. The fourth-order valence-electron chi connectivity index (χ4n) is 2.94.